The van der Waals surface area contributed by atoms with Crippen LogP contribution in [0.4, 0.5) is 0 Å². The molecule has 2 atom stereocenters. The normalized spacial score (nSPS) is 21.0. The van der Waals surface area contributed by atoms with Crippen LogP contribution in [-0.2, 0) is 16.0 Å². The minimum atomic E-state index is -0.454. The van der Waals surface area contributed by atoms with Crippen LogP contribution in [0.15, 0.2) is 60.8 Å². The van der Waals surface area contributed by atoms with Crippen LogP contribution in [0, 0.1) is 0 Å². The molecule has 2 aliphatic rings. The number of fused-ring (bicyclic) bond motifs is 1. The average molecular weight is 418 g/mol. The summed E-state index contributed by atoms with van der Waals surface area (Å²) < 4.78 is 6.13. The Morgan fingerprint density at radius 3 is 2.55 bits per heavy atom. The zero-order valence-electron chi connectivity index (χ0n) is 17.5. The van der Waals surface area contributed by atoms with Crippen LogP contribution < -0.4 is 4.74 Å². The number of ether oxygens (including phenoxy) is 1. The number of carbonyl (C=O) groups excluding carboxylic acids is 2. The highest BCUT2D eigenvalue weighted by Crippen LogP contribution is 2.27. The molecule has 2 fully saturated rings. The van der Waals surface area contributed by atoms with Crippen molar-refractivity contribution in [1.82, 2.24) is 14.8 Å². The van der Waals surface area contributed by atoms with Gasteiger partial charge in [-0.3, -0.25) is 9.59 Å². The van der Waals surface area contributed by atoms with E-state index in [1.807, 2.05) is 65.7 Å². The van der Waals surface area contributed by atoms with Gasteiger partial charge in [-0.2, -0.15) is 0 Å². The molecule has 0 radical (unpaired) electrons. The Hall–Kier alpha value is -3.28. The van der Waals surface area contributed by atoms with Crippen molar-refractivity contribution < 1.29 is 14.3 Å². The van der Waals surface area contributed by atoms with Gasteiger partial charge in [0, 0.05) is 36.6 Å². The molecule has 2 aliphatic heterocycles. The monoisotopic (exact) mass is 417 g/mol. The first-order valence-electron chi connectivity index (χ1n) is 11.0. The van der Waals surface area contributed by atoms with E-state index in [1.54, 1.807) is 4.90 Å². The third kappa shape index (κ3) is 4.02. The average Bonchev–Trinajstić information content (AvgIpc) is 3.54. The smallest absolute Gasteiger partial charge is 0.245 e. The third-order valence-corrected chi connectivity index (χ3v) is 6.35. The van der Waals surface area contributed by atoms with Crippen molar-refractivity contribution in [3.63, 3.8) is 0 Å². The number of H-pyrrole nitrogens is 1. The zero-order chi connectivity index (χ0) is 21.2. The van der Waals surface area contributed by atoms with Crippen LogP contribution in [0.2, 0.25) is 0 Å². The number of para-hydroxylation sites is 2. The maximum atomic E-state index is 13.4. The van der Waals surface area contributed by atoms with Crippen LogP contribution in [0.1, 0.15) is 24.8 Å². The molecule has 6 nitrogen and oxygen atoms in total. The minimum absolute atomic E-state index is 0.0264. The maximum absolute atomic E-state index is 13.4. The second-order valence-corrected chi connectivity index (χ2v) is 8.42. The first-order chi connectivity index (χ1) is 15.2. The Balaban J connectivity index is 1.36. The number of benzene rings is 2. The number of rotatable bonds is 5. The molecule has 5 rings (SSSR count). The SMILES string of the molecule is O=C([C@@H]1C[C@H](Oc2ccccc2)CN1C(=O)Cc1c[nH]c2ccccc12)N1CCCC1. The first-order valence-corrected chi connectivity index (χ1v) is 11.0. The van der Waals surface area contributed by atoms with Crippen LogP contribution in [-0.4, -0.2) is 58.4 Å². The molecule has 2 saturated heterocycles. The number of nitrogens with zero attached hydrogens (tertiary/aromatic N) is 2. The predicted molar refractivity (Wildman–Crippen MR) is 119 cm³/mol. The summed E-state index contributed by atoms with van der Waals surface area (Å²) in [6.45, 7) is 1.99. The summed E-state index contributed by atoms with van der Waals surface area (Å²) in [6.07, 6.45) is 4.58. The molecule has 3 heterocycles. The van der Waals surface area contributed by atoms with Crippen molar-refractivity contribution in [2.75, 3.05) is 19.6 Å². The summed E-state index contributed by atoms with van der Waals surface area (Å²) in [5.41, 5.74) is 1.97. The van der Waals surface area contributed by atoms with E-state index in [2.05, 4.69) is 4.98 Å². The molecule has 6 heteroatoms. The lowest BCUT2D eigenvalue weighted by Crippen LogP contribution is -2.47. The summed E-state index contributed by atoms with van der Waals surface area (Å²) >= 11 is 0. The molecule has 2 amide bonds. The van der Waals surface area contributed by atoms with Crippen LogP contribution >= 0.6 is 0 Å². The second-order valence-electron chi connectivity index (χ2n) is 8.42. The van der Waals surface area contributed by atoms with Crippen molar-refractivity contribution in [1.29, 1.82) is 0 Å². The lowest BCUT2D eigenvalue weighted by Gasteiger charge is -2.27. The Morgan fingerprint density at radius 1 is 1.00 bits per heavy atom. The highest BCUT2D eigenvalue weighted by Gasteiger charge is 2.42. The Kier molecular flexibility index (Phi) is 5.37. The molecule has 160 valence electrons. The summed E-state index contributed by atoms with van der Waals surface area (Å²) in [6, 6.07) is 17.1. The zero-order valence-corrected chi connectivity index (χ0v) is 17.5. The first kappa shape index (κ1) is 19.7. The van der Waals surface area contributed by atoms with Crippen LogP contribution in [0.25, 0.3) is 10.9 Å². The van der Waals surface area contributed by atoms with Gasteiger partial charge in [-0.25, -0.2) is 0 Å². The van der Waals surface area contributed by atoms with E-state index in [0.29, 0.717) is 13.0 Å². The number of carbonyl (C=O) groups is 2. The standard InChI is InChI=1S/C25H27N3O3/c29-24(14-18-16-26-22-11-5-4-10-21(18)22)28-17-20(31-19-8-2-1-3-9-19)15-23(28)25(30)27-12-6-7-13-27/h1-5,8-11,16,20,23,26H,6-7,12-15,17H2/t20-,23-/m0/s1. The van der Waals surface area contributed by atoms with Gasteiger partial charge < -0.3 is 19.5 Å². The number of aromatic amines is 1. The fraction of sp³-hybridized carbons (Fsp3) is 0.360. The minimum Gasteiger partial charge on any atom is -0.488 e. The lowest BCUT2D eigenvalue weighted by atomic mass is 10.1. The molecule has 0 saturated carbocycles. The van der Waals surface area contributed by atoms with E-state index in [9.17, 15) is 9.59 Å². The van der Waals surface area contributed by atoms with Gasteiger partial charge in [0.25, 0.3) is 0 Å². The molecule has 2 aromatic carbocycles. The van der Waals surface area contributed by atoms with Gasteiger partial charge in [-0.15, -0.1) is 0 Å². The van der Waals surface area contributed by atoms with Gasteiger partial charge in [0.1, 0.15) is 17.9 Å². The molecule has 1 aromatic heterocycles. The molecule has 31 heavy (non-hydrogen) atoms. The Bertz CT molecular complexity index is 1070. The molecular weight excluding hydrogens is 390 g/mol. The van der Waals surface area contributed by atoms with Gasteiger partial charge in [0.05, 0.1) is 13.0 Å². The van der Waals surface area contributed by atoms with Gasteiger partial charge in [0.2, 0.25) is 11.8 Å². The maximum Gasteiger partial charge on any atom is 0.245 e. The van der Waals surface area contributed by atoms with Gasteiger partial charge >= 0.3 is 0 Å². The summed E-state index contributed by atoms with van der Waals surface area (Å²) in [4.78, 5) is 33.5. The van der Waals surface area contributed by atoms with Crippen molar-refractivity contribution in [2.24, 2.45) is 0 Å². The molecule has 3 aromatic rings. The highest BCUT2D eigenvalue weighted by atomic mass is 16.5. The largest absolute Gasteiger partial charge is 0.488 e. The van der Waals surface area contributed by atoms with Gasteiger partial charge in [-0.05, 0) is 36.6 Å². The summed E-state index contributed by atoms with van der Waals surface area (Å²) in [7, 11) is 0. The quantitative estimate of drug-likeness (QED) is 0.692. The topological polar surface area (TPSA) is 65.6 Å². The Morgan fingerprint density at radius 2 is 1.74 bits per heavy atom. The van der Waals surface area contributed by atoms with E-state index in [-0.39, 0.29) is 24.3 Å². The number of hydrogen-bond donors (Lipinski definition) is 1. The number of nitrogens with one attached hydrogen (secondary N) is 1. The van der Waals surface area contributed by atoms with E-state index in [4.69, 9.17) is 4.74 Å². The van der Waals surface area contributed by atoms with Crippen molar-refractivity contribution in [3.05, 3.63) is 66.4 Å². The van der Waals surface area contributed by atoms with Crippen LogP contribution in [0.3, 0.4) is 0 Å². The second kappa shape index (κ2) is 8.46. The van der Waals surface area contributed by atoms with Crippen LogP contribution in [0.5, 0.6) is 5.75 Å². The Labute approximate surface area is 181 Å². The highest BCUT2D eigenvalue weighted by molar-refractivity contribution is 5.92. The number of likely N-dealkylation sites (tertiary alicyclic amines) is 2. The van der Waals surface area contributed by atoms with Crippen molar-refractivity contribution in [2.45, 2.75) is 37.8 Å². The number of amides is 2. The van der Waals surface area contributed by atoms with Crippen molar-refractivity contribution in [3.8, 4) is 5.75 Å². The number of hydrogen-bond acceptors (Lipinski definition) is 3. The van der Waals surface area contributed by atoms with Crippen molar-refractivity contribution >= 4 is 22.7 Å². The molecule has 1 N–H and O–H groups in total. The van der Waals surface area contributed by atoms with E-state index < -0.39 is 6.04 Å². The summed E-state index contributed by atoms with van der Waals surface area (Å²) in [5.74, 6) is 0.802. The fourth-order valence-electron chi connectivity index (χ4n) is 4.77. The van der Waals surface area contributed by atoms with Gasteiger partial charge in [-0.1, -0.05) is 36.4 Å². The molecule has 0 aliphatic carbocycles. The number of aromatic nitrogens is 1. The molecule has 0 bridgehead atoms. The van der Waals surface area contributed by atoms with E-state index >= 15 is 0 Å². The molecular formula is C25H27N3O3. The molecule has 0 spiro atoms. The van der Waals surface area contributed by atoms with Gasteiger partial charge in [0.15, 0.2) is 0 Å². The van der Waals surface area contributed by atoms with E-state index in [0.717, 1.165) is 48.1 Å². The fourth-order valence-corrected chi connectivity index (χ4v) is 4.77. The summed E-state index contributed by atoms with van der Waals surface area (Å²) in [5, 5.41) is 1.05. The lowest BCUT2D eigenvalue weighted by molar-refractivity contribution is -0.142. The van der Waals surface area contributed by atoms with E-state index in [1.165, 1.54) is 0 Å². The molecule has 0 unspecified atom stereocenters. The predicted octanol–water partition coefficient (Wildman–Crippen LogP) is 3.38. The third-order valence-electron chi connectivity index (χ3n) is 6.35.